The number of phenols is 1. The Labute approximate surface area is 166 Å². The molecule has 0 bridgehead atoms. The van der Waals surface area contributed by atoms with Crippen molar-refractivity contribution in [2.75, 3.05) is 10.2 Å². The minimum atomic E-state index is -2.05. The van der Waals surface area contributed by atoms with Crippen molar-refractivity contribution in [1.82, 2.24) is 0 Å². The number of halogens is 4. The number of phenolic OH excluding ortho intramolecular Hbond substituents is 1. The van der Waals surface area contributed by atoms with Gasteiger partial charge in [-0.3, -0.25) is 14.5 Å². The van der Waals surface area contributed by atoms with Crippen molar-refractivity contribution in [2.45, 2.75) is 5.54 Å². The van der Waals surface area contributed by atoms with Crippen LogP contribution >= 0.6 is 0 Å². The van der Waals surface area contributed by atoms with E-state index >= 15 is 0 Å². The molecule has 1 unspecified atom stereocenters. The summed E-state index contributed by atoms with van der Waals surface area (Å²) in [5.74, 6) is -6.60. The van der Waals surface area contributed by atoms with Crippen LogP contribution in [0.25, 0.3) is 0 Å². The molecule has 3 aromatic carbocycles. The first kappa shape index (κ1) is 18.2. The van der Waals surface area contributed by atoms with E-state index in [0.29, 0.717) is 6.07 Å². The number of carbonyl (C=O) groups is 2. The number of fused-ring (bicyclic) bond motifs is 4. The lowest BCUT2D eigenvalue weighted by atomic mass is 9.83. The molecular weight excluding hydrogens is 404 g/mol. The standard InChI is InChI=1S/C21H10F4N2O3/c22-9-5-10(23)7-11(6-9)27-19(29)13-8-12(28)1-2-14(13)21(27)15-3-4-16(24)17(25)18(15)26-20(21)30/h1-8,28H,(H,26,30). The second kappa shape index (κ2) is 5.82. The van der Waals surface area contributed by atoms with Crippen molar-refractivity contribution in [1.29, 1.82) is 0 Å². The third-order valence-electron chi connectivity index (χ3n) is 5.32. The van der Waals surface area contributed by atoms with Crippen molar-refractivity contribution in [3.63, 3.8) is 0 Å². The van der Waals surface area contributed by atoms with Gasteiger partial charge in [-0.2, -0.15) is 0 Å². The summed E-state index contributed by atoms with van der Waals surface area (Å²) >= 11 is 0. The summed E-state index contributed by atoms with van der Waals surface area (Å²) in [7, 11) is 0. The van der Waals surface area contributed by atoms with E-state index in [1.54, 1.807) is 0 Å². The first-order valence-electron chi connectivity index (χ1n) is 8.69. The van der Waals surface area contributed by atoms with Crippen LogP contribution < -0.4 is 10.2 Å². The largest absolute Gasteiger partial charge is 0.508 e. The van der Waals surface area contributed by atoms with Gasteiger partial charge >= 0.3 is 0 Å². The minimum Gasteiger partial charge on any atom is -0.508 e. The second-order valence-corrected chi connectivity index (χ2v) is 6.95. The van der Waals surface area contributed by atoms with Gasteiger partial charge in [0.05, 0.1) is 16.9 Å². The van der Waals surface area contributed by atoms with E-state index in [9.17, 15) is 32.3 Å². The molecule has 1 atom stereocenters. The highest BCUT2D eigenvalue weighted by Gasteiger charge is 2.61. The van der Waals surface area contributed by atoms with Crippen LogP contribution in [0.5, 0.6) is 5.75 Å². The zero-order valence-electron chi connectivity index (χ0n) is 14.8. The summed E-state index contributed by atoms with van der Waals surface area (Å²) in [6.07, 6.45) is 0. The molecule has 30 heavy (non-hydrogen) atoms. The SMILES string of the molecule is O=C1c2cc(O)ccc2C2(C(=O)Nc3c2ccc(F)c3F)N1c1cc(F)cc(F)c1. The first-order valence-corrected chi connectivity index (χ1v) is 8.69. The Kier molecular flexibility index (Phi) is 3.52. The maximum Gasteiger partial charge on any atom is 0.260 e. The third-order valence-corrected chi connectivity index (χ3v) is 5.32. The number of nitrogens with zero attached hydrogens (tertiary/aromatic N) is 1. The van der Waals surface area contributed by atoms with Gasteiger partial charge in [0.15, 0.2) is 17.2 Å². The summed E-state index contributed by atoms with van der Waals surface area (Å²) in [5.41, 5.74) is -3.00. The van der Waals surface area contributed by atoms with Gasteiger partial charge in [-0.25, -0.2) is 17.6 Å². The van der Waals surface area contributed by atoms with Crippen LogP contribution in [0.3, 0.4) is 0 Å². The average molecular weight is 414 g/mol. The molecular formula is C21H10F4N2O3. The van der Waals surface area contributed by atoms with Crippen LogP contribution in [0.1, 0.15) is 21.5 Å². The van der Waals surface area contributed by atoms with Gasteiger partial charge in [0.1, 0.15) is 17.4 Å². The van der Waals surface area contributed by atoms with E-state index in [4.69, 9.17) is 0 Å². The molecule has 0 saturated heterocycles. The van der Waals surface area contributed by atoms with E-state index in [-0.39, 0.29) is 28.1 Å². The second-order valence-electron chi connectivity index (χ2n) is 6.95. The number of benzene rings is 3. The van der Waals surface area contributed by atoms with Gasteiger partial charge in [-0.05, 0) is 30.3 Å². The van der Waals surface area contributed by atoms with Gasteiger partial charge < -0.3 is 10.4 Å². The van der Waals surface area contributed by atoms with Crippen LogP contribution in [0.4, 0.5) is 28.9 Å². The van der Waals surface area contributed by atoms with Crippen LogP contribution in [-0.4, -0.2) is 16.9 Å². The monoisotopic (exact) mass is 414 g/mol. The molecule has 2 N–H and O–H groups in total. The number of amides is 2. The number of hydrogen-bond donors (Lipinski definition) is 2. The van der Waals surface area contributed by atoms with Gasteiger partial charge in [0, 0.05) is 17.2 Å². The van der Waals surface area contributed by atoms with Crippen molar-refractivity contribution >= 4 is 23.2 Å². The molecule has 150 valence electrons. The quantitative estimate of drug-likeness (QED) is 0.595. The number of aromatic hydroxyl groups is 1. The topological polar surface area (TPSA) is 69.6 Å². The van der Waals surface area contributed by atoms with Crippen LogP contribution in [0, 0.1) is 23.3 Å². The fourth-order valence-corrected chi connectivity index (χ4v) is 4.19. The van der Waals surface area contributed by atoms with Gasteiger partial charge in [-0.1, -0.05) is 12.1 Å². The summed E-state index contributed by atoms with van der Waals surface area (Å²) in [4.78, 5) is 27.3. The zero-order chi connectivity index (χ0) is 21.4. The molecule has 0 aromatic heterocycles. The molecule has 2 aliphatic rings. The minimum absolute atomic E-state index is 0.0530. The molecule has 0 fully saturated rings. The Morgan fingerprint density at radius 2 is 1.53 bits per heavy atom. The summed E-state index contributed by atoms with van der Waals surface area (Å²) in [5, 5.41) is 12.1. The molecule has 0 aliphatic carbocycles. The van der Waals surface area contributed by atoms with Crippen LogP contribution in [-0.2, 0) is 10.3 Å². The van der Waals surface area contributed by atoms with Crippen molar-refractivity contribution in [3.05, 3.63) is 88.5 Å². The lowest BCUT2D eigenvalue weighted by Crippen LogP contribution is -2.50. The summed E-state index contributed by atoms with van der Waals surface area (Å²) in [6, 6.07) is 7.81. The Morgan fingerprint density at radius 1 is 0.867 bits per heavy atom. The summed E-state index contributed by atoms with van der Waals surface area (Å²) < 4.78 is 56.2. The van der Waals surface area contributed by atoms with E-state index in [2.05, 4.69) is 5.32 Å². The highest BCUT2D eigenvalue weighted by atomic mass is 19.2. The number of hydrogen-bond acceptors (Lipinski definition) is 3. The maximum absolute atomic E-state index is 14.5. The molecule has 2 heterocycles. The normalized spacial score (nSPS) is 19.3. The van der Waals surface area contributed by atoms with E-state index in [1.165, 1.54) is 12.1 Å². The molecule has 9 heteroatoms. The summed E-state index contributed by atoms with van der Waals surface area (Å²) in [6.45, 7) is 0. The number of rotatable bonds is 1. The Balaban J connectivity index is 1.90. The van der Waals surface area contributed by atoms with Crippen molar-refractivity contribution < 1.29 is 32.3 Å². The predicted octanol–water partition coefficient (Wildman–Crippen LogP) is 3.80. The smallest absolute Gasteiger partial charge is 0.260 e. The average Bonchev–Trinajstić information content (AvgIpc) is 3.11. The maximum atomic E-state index is 14.5. The van der Waals surface area contributed by atoms with Gasteiger partial charge in [0.2, 0.25) is 0 Å². The van der Waals surface area contributed by atoms with Crippen molar-refractivity contribution in [3.8, 4) is 5.75 Å². The van der Waals surface area contributed by atoms with Crippen molar-refractivity contribution in [2.24, 2.45) is 0 Å². The lowest BCUT2D eigenvalue weighted by molar-refractivity contribution is -0.119. The van der Waals surface area contributed by atoms with Gasteiger partial charge in [0.25, 0.3) is 11.8 Å². The molecule has 5 nitrogen and oxygen atoms in total. The molecule has 1 spiro atoms. The number of carbonyl (C=O) groups excluding carboxylic acids is 2. The Bertz CT molecular complexity index is 1270. The first-order chi connectivity index (χ1) is 14.2. The third kappa shape index (κ3) is 2.11. The fourth-order valence-electron chi connectivity index (χ4n) is 4.19. The molecule has 5 rings (SSSR count). The van der Waals surface area contributed by atoms with Crippen LogP contribution in [0.15, 0.2) is 48.5 Å². The highest BCUT2D eigenvalue weighted by Crippen LogP contribution is 2.53. The van der Waals surface area contributed by atoms with E-state index in [0.717, 1.165) is 35.2 Å². The Hall–Kier alpha value is -3.88. The van der Waals surface area contributed by atoms with Crippen LogP contribution in [0.2, 0.25) is 0 Å². The molecule has 0 saturated carbocycles. The molecule has 2 aliphatic heterocycles. The van der Waals surface area contributed by atoms with E-state index in [1.807, 2.05) is 0 Å². The molecule has 3 aromatic rings. The molecule has 0 radical (unpaired) electrons. The van der Waals surface area contributed by atoms with Gasteiger partial charge in [-0.15, -0.1) is 0 Å². The zero-order valence-corrected chi connectivity index (χ0v) is 14.8. The molecule has 2 amide bonds. The Morgan fingerprint density at radius 3 is 2.23 bits per heavy atom. The van der Waals surface area contributed by atoms with E-state index < -0.39 is 46.3 Å². The highest BCUT2D eigenvalue weighted by molar-refractivity contribution is 6.24. The fraction of sp³-hybridized carbons (Fsp3) is 0.0476. The number of anilines is 2. The number of nitrogens with one attached hydrogen (secondary N) is 1. The predicted molar refractivity (Wildman–Crippen MR) is 97.0 cm³/mol. The lowest BCUT2D eigenvalue weighted by Gasteiger charge is -2.34.